The number of benzene rings is 1. The summed E-state index contributed by atoms with van der Waals surface area (Å²) in [5.41, 5.74) is 1.99. The summed E-state index contributed by atoms with van der Waals surface area (Å²) in [6.45, 7) is 6.45. The van der Waals surface area contributed by atoms with Gasteiger partial charge in [-0.2, -0.15) is 0 Å². The first kappa shape index (κ1) is 11.6. The van der Waals surface area contributed by atoms with Gasteiger partial charge in [-0.15, -0.1) is 0 Å². The SMILES string of the molecule is CC(C)C(C)n1cnc2cc(C(=O)O)ccc21. The van der Waals surface area contributed by atoms with Crippen molar-refractivity contribution in [2.45, 2.75) is 26.8 Å². The fourth-order valence-electron chi connectivity index (χ4n) is 1.81. The average Bonchev–Trinajstić information content (AvgIpc) is 2.70. The largest absolute Gasteiger partial charge is 0.478 e. The van der Waals surface area contributed by atoms with Gasteiger partial charge in [-0.05, 0) is 31.0 Å². The van der Waals surface area contributed by atoms with E-state index in [9.17, 15) is 4.79 Å². The van der Waals surface area contributed by atoms with E-state index >= 15 is 0 Å². The van der Waals surface area contributed by atoms with Crippen LogP contribution in [0.2, 0.25) is 0 Å². The third-order valence-corrected chi connectivity index (χ3v) is 3.23. The molecule has 0 spiro atoms. The molecule has 1 aromatic heterocycles. The van der Waals surface area contributed by atoms with Gasteiger partial charge in [-0.25, -0.2) is 9.78 Å². The van der Waals surface area contributed by atoms with Gasteiger partial charge in [0.05, 0.1) is 22.9 Å². The summed E-state index contributed by atoms with van der Waals surface area (Å²) in [5.74, 6) is -0.412. The van der Waals surface area contributed by atoms with Crippen LogP contribution in [0, 0.1) is 5.92 Å². The Bertz CT molecular complexity index is 558. The summed E-state index contributed by atoms with van der Waals surface area (Å²) in [5, 5.41) is 8.91. The first-order valence-corrected chi connectivity index (χ1v) is 5.70. The molecule has 0 aliphatic rings. The van der Waals surface area contributed by atoms with Crippen molar-refractivity contribution in [3.8, 4) is 0 Å². The summed E-state index contributed by atoms with van der Waals surface area (Å²) in [6.07, 6.45) is 1.78. The summed E-state index contributed by atoms with van der Waals surface area (Å²) < 4.78 is 2.09. The lowest BCUT2D eigenvalue weighted by Gasteiger charge is -2.18. The third-order valence-electron chi connectivity index (χ3n) is 3.23. The van der Waals surface area contributed by atoms with Crippen molar-refractivity contribution in [1.29, 1.82) is 0 Å². The zero-order valence-electron chi connectivity index (χ0n) is 10.2. The lowest BCUT2D eigenvalue weighted by molar-refractivity contribution is 0.0697. The van der Waals surface area contributed by atoms with E-state index in [1.165, 1.54) is 0 Å². The topological polar surface area (TPSA) is 55.1 Å². The lowest BCUT2D eigenvalue weighted by atomic mass is 10.1. The van der Waals surface area contributed by atoms with Crippen LogP contribution in [0.5, 0.6) is 0 Å². The van der Waals surface area contributed by atoms with Gasteiger partial charge in [-0.3, -0.25) is 0 Å². The number of aromatic nitrogens is 2. The Morgan fingerprint density at radius 1 is 1.35 bits per heavy atom. The van der Waals surface area contributed by atoms with Crippen LogP contribution in [-0.2, 0) is 0 Å². The van der Waals surface area contributed by atoms with Crippen molar-refractivity contribution in [3.63, 3.8) is 0 Å². The van der Waals surface area contributed by atoms with E-state index in [1.54, 1.807) is 18.5 Å². The standard InChI is InChI=1S/C13H16N2O2/c1-8(2)9(3)15-7-14-11-6-10(13(16)17)4-5-12(11)15/h4-9H,1-3H3,(H,16,17). The molecule has 1 heterocycles. The van der Waals surface area contributed by atoms with Gasteiger partial charge in [0.1, 0.15) is 0 Å². The highest BCUT2D eigenvalue weighted by Crippen LogP contribution is 2.23. The second kappa shape index (κ2) is 4.20. The third kappa shape index (κ3) is 2.02. The second-order valence-corrected chi connectivity index (χ2v) is 4.65. The van der Waals surface area contributed by atoms with Gasteiger partial charge in [0.15, 0.2) is 0 Å². The van der Waals surface area contributed by atoms with Gasteiger partial charge in [-0.1, -0.05) is 13.8 Å². The molecule has 0 saturated heterocycles. The molecule has 1 N–H and O–H groups in total. The molecule has 2 rings (SSSR count). The maximum Gasteiger partial charge on any atom is 0.335 e. The number of aromatic carboxylic acids is 1. The van der Waals surface area contributed by atoms with Crippen LogP contribution in [0.4, 0.5) is 0 Å². The van der Waals surface area contributed by atoms with Gasteiger partial charge >= 0.3 is 5.97 Å². The van der Waals surface area contributed by atoms with Gasteiger partial charge in [0.25, 0.3) is 0 Å². The number of carboxylic acids is 1. The molecule has 4 heteroatoms. The number of carboxylic acid groups (broad SMARTS) is 1. The minimum absolute atomic E-state index is 0.278. The predicted molar refractivity (Wildman–Crippen MR) is 66.2 cm³/mol. The van der Waals surface area contributed by atoms with Gasteiger partial charge < -0.3 is 9.67 Å². The Morgan fingerprint density at radius 2 is 2.06 bits per heavy atom. The van der Waals surface area contributed by atoms with Crippen LogP contribution in [0.1, 0.15) is 37.2 Å². The zero-order valence-corrected chi connectivity index (χ0v) is 10.2. The van der Waals surface area contributed by atoms with Gasteiger partial charge in [0, 0.05) is 6.04 Å². The van der Waals surface area contributed by atoms with Crippen molar-refractivity contribution in [2.75, 3.05) is 0 Å². The summed E-state index contributed by atoms with van der Waals surface area (Å²) in [7, 11) is 0. The summed E-state index contributed by atoms with van der Waals surface area (Å²) >= 11 is 0. The van der Waals surface area contributed by atoms with Gasteiger partial charge in [0.2, 0.25) is 0 Å². The quantitative estimate of drug-likeness (QED) is 0.885. The van der Waals surface area contributed by atoms with E-state index in [0.29, 0.717) is 12.0 Å². The molecule has 17 heavy (non-hydrogen) atoms. The predicted octanol–water partition coefficient (Wildman–Crippen LogP) is 2.95. The number of nitrogens with zero attached hydrogens (tertiary/aromatic N) is 2. The average molecular weight is 232 g/mol. The fraction of sp³-hybridized carbons (Fsp3) is 0.385. The van der Waals surface area contributed by atoms with E-state index in [-0.39, 0.29) is 5.56 Å². The Hall–Kier alpha value is -1.84. The van der Waals surface area contributed by atoms with Crippen molar-refractivity contribution >= 4 is 17.0 Å². The second-order valence-electron chi connectivity index (χ2n) is 4.65. The molecule has 2 aromatic rings. The van der Waals surface area contributed by atoms with Crippen LogP contribution < -0.4 is 0 Å². The Balaban J connectivity index is 2.52. The molecule has 1 aromatic carbocycles. The maximum absolute atomic E-state index is 10.9. The van der Waals surface area contributed by atoms with E-state index in [2.05, 4.69) is 30.3 Å². The highest BCUT2D eigenvalue weighted by molar-refractivity contribution is 5.92. The van der Waals surface area contributed by atoms with Crippen LogP contribution in [0.3, 0.4) is 0 Å². The number of imidazole rings is 1. The molecule has 0 fully saturated rings. The molecule has 0 amide bonds. The van der Waals surface area contributed by atoms with E-state index in [1.807, 2.05) is 6.07 Å². The highest BCUT2D eigenvalue weighted by atomic mass is 16.4. The lowest BCUT2D eigenvalue weighted by Crippen LogP contribution is -2.10. The number of carbonyl (C=O) groups is 1. The minimum Gasteiger partial charge on any atom is -0.478 e. The first-order valence-electron chi connectivity index (χ1n) is 5.70. The van der Waals surface area contributed by atoms with Crippen LogP contribution in [-0.4, -0.2) is 20.6 Å². The number of hydrogen-bond donors (Lipinski definition) is 1. The number of rotatable bonds is 3. The molecule has 0 saturated carbocycles. The molecule has 1 atom stereocenters. The molecule has 0 aliphatic heterocycles. The maximum atomic E-state index is 10.9. The molecule has 0 radical (unpaired) electrons. The monoisotopic (exact) mass is 232 g/mol. The van der Waals surface area contributed by atoms with Crippen molar-refractivity contribution in [1.82, 2.24) is 9.55 Å². The van der Waals surface area contributed by atoms with E-state index < -0.39 is 5.97 Å². The zero-order chi connectivity index (χ0) is 12.6. The molecule has 0 bridgehead atoms. The van der Waals surface area contributed by atoms with Crippen LogP contribution in [0.25, 0.3) is 11.0 Å². The molecule has 90 valence electrons. The Kier molecular flexibility index (Phi) is 2.88. The smallest absolute Gasteiger partial charge is 0.335 e. The highest BCUT2D eigenvalue weighted by Gasteiger charge is 2.13. The Labute approximate surface area is 99.9 Å². The normalized spacial score (nSPS) is 13.2. The molecule has 1 unspecified atom stereocenters. The molecular weight excluding hydrogens is 216 g/mol. The Morgan fingerprint density at radius 3 is 2.65 bits per heavy atom. The molecular formula is C13H16N2O2. The van der Waals surface area contributed by atoms with E-state index in [4.69, 9.17) is 5.11 Å². The van der Waals surface area contributed by atoms with Crippen LogP contribution in [0.15, 0.2) is 24.5 Å². The number of fused-ring (bicyclic) bond motifs is 1. The van der Waals surface area contributed by atoms with Crippen molar-refractivity contribution in [2.24, 2.45) is 5.92 Å². The minimum atomic E-state index is -0.918. The molecule has 0 aliphatic carbocycles. The summed E-state index contributed by atoms with van der Waals surface area (Å²) in [4.78, 5) is 15.1. The number of hydrogen-bond acceptors (Lipinski definition) is 2. The fourth-order valence-corrected chi connectivity index (χ4v) is 1.81. The van der Waals surface area contributed by atoms with Crippen molar-refractivity contribution < 1.29 is 9.90 Å². The first-order chi connectivity index (χ1) is 8.00. The van der Waals surface area contributed by atoms with Crippen molar-refractivity contribution in [3.05, 3.63) is 30.1 Å². The van der Waals surface area contributed by atoms with E-state index in [0.717, 1.165) is 11.0 Å². The van der Waals surface area contributed by atoms with Crippen LogP contribution >= 0.6 is 0 Å². The molecule has 4 nitrogen and oxygen atoms in total. The summed E-state index contributed by atoms with van der Waals surface area (Å²) in [6, 6.07) is 5.40.